The highest BCUT2D eigenvalue weighted by Gasteiger charge is 2.20. The summed E-state index contributed by atoms with van der Waals surface area (Å²) < 4.78 is 0. The van der Waals surface area contributed by atoms with Crippen LogP contribution in [-0.2, 0) is 9.59 Å². The van der Waals surface area contributed by atoms with E-state index in [9.17, 15) is 9.59 Å². The van der Waals surface area contributed by atoms with Gasteiger partial charge >= 0.3 is 0 Å². The lowest BCUT2D eigenvalue weighted by Crippen LogP contribution is -2.50. The van der Waals surface area contributed by atoms with E-state index in [0.717, 1.165) is 39.0 Å². The first-order valence-corrected chi connectivity index (χ1v) is 8.61. The summed E-state index contributed by atoms with van der Waals surface area (Å²) in [5.41, 5.74) is 0. The predicted molar refractivity (Wildman–Crippen MR) is 86.6 cm³/mol. The molecule has 1 saturated heterocycles. The molecule has 2 fully saturated rings. The molecule has 0 aromatic heterocycles. The van der Waals surface area contributed by atoms with Crippen LogP contribution in [0.5, 0.6) is 0 Å². The number of hydrogen-bond acceptors (Lipinski definition) is 4. The number of nitrogens with one attached hydrogen (secondary N) is 2. The van der Waals surface area contributed by atoms with Crippen LogP contribution in [0.15, 0.2) is 0 Å². The second-order valence-electron chi connectivity index (χ2n) is 6.56. The summed E-state index contributed by atoms with van der Waals surface area (Å²) in [7, 11) is 1.84. The molecule has 2 amide bonds. The van der Waals surface area contributed by atoms with E-state index in [2.05, 4.69) is 10.6 Å². The monoisotopic (exact) mass is 310 g/mol. The molecule has 6 heteroatoms. The second kappa shape index (κ2) is 9.10. The number of piperazine rings is 1. The van der Waals surface area contributed by atoms with Crippen molar-refractivity contribution in [2.75, 3.05) is 46.3 Å². The van der Waals surface area contributed by atoms with Crippen molar-refractivity contribution in [1.82, 2.24) is 20.4 Å². The van der Waals surface area contributed by atoms with Gasteiger partial charge in [0.25, 0.3) is 0 Å². The number of hydrogen-bond donors (Lipinski definition) is 2. The molecule has 1 heterocycles. The van der Waals surface area contributed by atoms with Crippen LogP contribution in [-0.4, -0.2) is 74.0 Å². The molecule has 0 atom stereocenters. The molecule has 2 N–H and O–H groups in total. The summed E-state index contributed by atoms with van der Waals surface area (Å²) in [5.74, 6) is 0.161. The van der Waals surface area contributed by atoms with Crippen LogP contribution in [0.25, 0.3) is 0 Å². The van der Waals surface area contributed by atoms with Gasteiger partial charge in [0.05, 0.1) is 13.1 Å². The number of amides is 2. The van der Waals surface area contributed by atoms with Crippen LogP contribution in [0.3, 0.4) is 0 Å². The molecule has 2 rings (SSSR count). The van der Waals surface area contributed by atoms with Crippen LogP contribution in [0.1, 0.15) is 38.5 Å². The maximum absolute atomic E-state index is 12.2. The van der Waals surface area contributed by atoms with Gasteiger partial charge in [0, 0.05) is 32.2 Å². The van der Waals surface area contributed by atoms with Gasteiger partial charge in [-0.05, 0) is 19.9 Å². The first-order valence-electron chi connectivity index (χ1n) is 8.61. The van der Waals surface area contributed by atoms with E-state index < -0.39 is 0 Å². The van der Waals surface area contributed by atoms with E-state index >= 15 is 0 Å². The van der Waals surface area contributed by atoms with E-state index in [1.165, 1.54) is 25.7 Å². The third-order valence-corrected chi connectivity index (χ3v) is 4.51. The summed E-state index contributed by atoms with van der Waals surface area (Å²) in [5, 5.41) is 6.36. The van der Waals surface area contributed by atoms with Crippen LogP contribution in [0.2, 0.25) is 0 Å². The van der Waals surface area contributed by atoms with Crippen LogP contribution in [0, 0.1) is 0 Å². The van der Waals surface area contributed by atoms with Gasteiger partial charge in [-0.3, -0.25) is 14.5 Å². The van der Waals surface area contributed by atoms with Crippen molar-refractivity contribution < 1.29 is 9.59 Å². The third kappa shape index (κ3) is 5.93. The van der Waals surface area contributed by atoms with Gasteiger partial charge in [-0.1, -0.05) is 25.7 Å². The van der Waals surface area contributed by atoms with Gasteiger partial charge < -0.3 is 15.5 Å². The zero-order valence-corrected chi connectivity index (χ0v) is 13.8. The molecule has 0 bridgehead atoms. The molecule has 0 unspecified atom stereocenters. The molecular weight excluding hydrogens is 280 g/mol. The number of nitrogens with zero attached hydrogens (tertiary/aromatic N) is 2. The fourth-order valence-corrected chi connectivity index (χ4v) is 3.24. The largest absolute Gasteiger partial charge is 0.352 e. The Morgan fingerprint density at radius 3 is 2.36 bits per heavy atom. The second-order valence-corrected chi connectivity index (χ2v) is 6.56. The standard InChI is InChI=1S/C16H30N4O2/c1-19(13-16(22)20-10-8-17-9-11-20)12-15(21)18-14-6-4-2-3-5-7-14/h14,17H,2-13H2,1H3,(H,18,21). The third-order valence-electron chi connectivity index (χ3n) is 4.51. The minimum Gasteiger partial charge on any atom is -0.352 e. The zero-order chi connectivity index (χ0) is 15.8. The maximum Gasteiger partial charge on any atom is 0.236 e. The lowest BCUT2D eigenvalue weighted by atomic mass is 10.1. The van der Waals surface area contributed by atoms with Gasteiger partial charge in [0.15, 0.2) is 0 Å². The first-order chi connectivity index (χ1) is 10.6. The van der Waals surface area contributed by atoms with Gasteiger partial charge in [-0.15, -0.1) is 0 Å². The SMILES string of the molecule is CN(CC(=O)NC1CCCCCC1)CC(=O)N1CCNCC1. The summed E-state index contributed by atoms with van der Waals surface area (Å²) in [6.07, 6.45) is 7.17. The van der Waals surface area contributed by atoms with E-state index in [1.807, 2.05) is 16.8 Å². The Morgan fingerprint density at radius 2 is 1.73 bits per heavy atom. The average Bonchev–Trinajstić information content (AvgIpc) is 2.76. The van der Waals surface area contributed by atoms with Crippen molar-refractivity contribution >= 4 is 11.8 Å². The number of carbonyl (C=O) groups excluding carboxylic acids is 2. The Kier molecular flexibility index (Phi) is 7.12. The van der Waals surface area contributed by atoms with Crippen LogP contribution < -0.4 is 10.6 Å². The molecular formula is C16H30N4O2. The van der Waals surface area contributed by atoms with Gasteiger partial charge in [0.2, 0.25) is 11.8 Å². The van der Waals surface area contributed by atoms with Gasteiger partial charge in [0.1, 0.15) is 0 Å². The van der Waals surface area contributed by atoms with Crippen molar-refractivity contribution in [3.05, 3.63) is 0 Å². The highest BCUT2D eigenvalue weighted by atomic mass is 16.2. The Labute approximate surface area is 133 Å². The normalized spacial score (nSPS) is 20.7. The van der Waals surface area contributed by atoms with Crippen LogP contribution >= 0.6 is 0 Å². The summed E-state index contributed by atoms with van der Waals surface area (Å²) in [4.78, 5) is 27.9. The fraction of sp³-hybridized carbons (Fsp3) is 0.875. The molecule has 126 valence electrons. The zero-order valence-electron chi connectivity index (χ0n) is 13.8. The summed E-state index contributed by atoms with van der Waals surface area (Å²) >= 11 is 0. The van der Waals surface area contributed by atoms with Crippen molar-refractivity contribution in [2.45, 2.75) is 44.6 Å². The minimum atomic E-state index is 0.0440. The van der Waals surface area contributed by atoms with Crippen molar-refractivity contribution in [2.24, 2.45) is 0 Å². The number of carbonyl (C=O) groups is 2. The Balaban J connectivity index is 1.67. The van der Waals surface area contributed by atoms with E-state index in [4.69, 9.17) is 0 Å². The quantitative estimate of drug-likeness (QED) is 0.712. The highest BCUT2D eigenvalue weighted by Crippen LogP contribution is 2.17. The smallest absolute Gasteiger partial charge is 0.236 e. The topological polar surface area (TPSA) is 64.7 Å². The Morgan fingerprint density at radius 1 is 1.09 bits per heavy atom. The summed E-state index contributed by atoms with van der Waals surface area (Å²) in [6.45, 7) is 3.86. The van der Waals surface area contributed by atoms with Crippen molar-refractivity contribution in [3.63, 3.8) is 0 Å². The van der Waals surface area contributed by atoms with E-state index in [1.54, 1.807) is 0 Å². The predicted octanol–water partition coefficient (Wildman–Crippen LogP) is 0.189. The molecule has 1 aliphatic carbocycles. The Hall–Kier alpha value is -1.14. The molecule has 1 aliphatic heterocycles. The molecule has 0 aromatic carbocycles. The van der Waals surface area contributed by atoms with Gasteiger partial charge in [-0.25, -0.2) is 0 Å². The first kappa shape index (κ1) is 17.2. The average molecular weight is 310 g/mol. The highest BCUT2D eigenvalue weighted by molar-refractivity contribution is 5.81. The number of rotatable bonds is 5. The van der Waals surface area contributed by atoms with E-state index in [0.29, 0.717) is 19.1 Å². The molecule has 6 nitrogen and oxygen atoms in total. The molecule has 0 radical (unpaired) electrons. The van der Waals surface area contributed by atoms with E-state index in [-0.39, 0.29) is 11.8 Å². The van der Waals surface area contributed by atoms with Crippen molar-refractivity contribution in [3.8, 4) is 0 Å². The molecule has 2 aliphatic rings. The molecule has 22 heavy (non-hydrogen) atoms. The molecule has 0 aromatic rings. The summed E-state index contributed by atoms with van der Waals surface area (Å²) in [6, 6.07) is 0.326. The Bertz CT molecular complexity index is 361. The minimum absolute atomic E-state index is 0.0440. The molecule has 0 spiro atoms. The number of likely N-dealkylation sites (N-methyl/N-ethyl adjacent to an activating group) is 1. The lowest BCUT2D eigenvalue weighted by molar-refractivity contribution is -0.133. The van der Waals surface area contributed by atoms with Crippen molar-refractivity contribution in [1.29, 1.82) is 0 Å². The fourth-order valence-electron chi connectivity index (χ4n) is 3.24. The molecule has 1 saturated carbocycles. The van der Waals surface area contributed by atoms with Gasteiger partial charge in [-0.2, -0.15) is 0 Å². The van der Waals surface area contributed by atoms with Crippen LogP contribution in [0.4, 0.5) is 0 Å². The lowest BCUT2D eigenvalue weighted by Gasteiger charge is -2.29. The maximum atomic E-state index is 12.2.